The van der Waals surface area contributed by atoms with Gasteiger partial charge >= 0.3 is 0 Å². The molecule has 4 rings (SSSR count). The zero-order valence-corrected chi connectivity index (χ0v) is 20.4. The van der Waals surface area contributed by atoms with Crippen LogP contribution in [0.4, 0.5) is 5.69 Å². The summed E-state index contributed by atoms with van der Waals surface area (Å²) in [6.45, 7) is 3.78. The summed E-state index contributed by atoms with van der Waals surface area (Å²) in [5, 5.41) is 5.91. The topological polar surface area (TPSA) is 30.5 Å². The largest absolute Gasteiger partial charge is 0.494 e. The maximum atomic E-state index is 6.33. The van der Waals surface area contributed by atoms with Crippen LogP contribution in [-0.4, -0.2) is 6.61 Å². The number of nitrogens with one attached hydrogen (secondary N) is 1. The van der Waals surface area contributed by atoms with E-state index in [0.717, 1.165) is 31.7 Å². The Bertz CT molecular complexity index is 1170. The second kappa shape index (κ2) is 10.2. The molecule has 0 atom stereocenters. The first-order valence-corrected chi connectivity index (χ1v) is 11.8. The predicted molar refractivity (Wildman–Crippen MR) is 135 cm³/mol. The Hall–Kier alpha value is -2.50. The highest BCUT2D eigenvalue weighted by Gasteiger charge is 2.12. The number of rotatable bonds is 8. The van der Waals surface area contributed by atoms with E-state index in [-0.39, 0.29) is 0 Å². The molecule has 0 radical (unpaired) electrons. The van der Waals surface area contributed by atoms with Gasteiger partial charge in [-0.2, -0.15) is 0 Å². The van der Waals surface area contributed by atoms with Crippen LogP contribution in [0, 0.1) is 0 Å². The summed E-state index contributed by atoms with van der Waals surface area (Å²) in [5.41, 5.74) is 3.26. The molecule has 158 valence electrons. The molecule has 5 heteroatoms. The van der Waals surface area contributed by atoms with E-state index < -0.39 is 0 Å². The Labute approximate surface area is 199 Å². The third kappa shape index (κ3) is 5.41. The van der Waals surface area contributed by atoms with Crippen molar-refractivity contribution in [3.05, 3.63) is 98.9 Å². The molecule has 0 aliphatic heterocycles. The highest BCUT2D eigenvalue weighted by molar-refractivity contribution is 9.11. The van der Waals surface area contributed by atoms with Crippen LogP contribution < -0.4 is 14.8 Å². The summed E-state index contributed by atoms with van der Waals surface area (Å²) in [6.07, 6.45) is 0. The normalized spacial score (nSPS) is 10.8. The molecule has 3 nitrogen and oxygen atoms in total. The highest BCUT2D eigenvalue weighted by Crippen LogP contribution is 2.34. The SMILES string of the molecule is CCOc1ccc(NCc2cc(Br)cc(Br)c2OCc2cccc3ccccc23)cc1. The lowest BCUT2D eigenvalue weighted by atomic mass is 10.1. The van der Waals surface area contributed by atoms with Crippen molar-refractivity contribution >= 4 is 48.3 Å². The van der Waals surface area contributed by atoms with Crippen LogP contribution in [0.3, 0.4) is 0 Å². The maximum Gasteiger partial charge on any atom is 0.139 e. The summed E-state index contributed by atoms with van der Waals surface area (Å²) in [4.78, 5) is 0. The minimum Gasteiger partial charge on any atom is -0.494 e. The van der Waals surface area contributed by atoms with Crippen molar-refractivity contribution in [3.63, 3.8) is 0 Å². The van der Waals surface area contributed by atoms with Gasteiger partial charge in [-0.25, -0.2) is 0 Å². The van der Waals surface area contributed by atoms with Gasteiger partial charge in [-0.1, -0.05) is 58.4 Å². The molecule has 0 saturated heterocycles. The lowest BCUT2D eigenvalue weighted by Gasteiger charge is -2.16. The Morgan fingerprint density at radius 2 is 1.58 bits per heavy atom. The van der Waals surface area contributed by atoms with Crippen LogP contribution in [-0.2, 0) is 13.2 Å². The van der Waals surface area contributed by atoms with Crippen molar-refractivity contribution in [3.8, 4) is 11.5 Å². The molecule has 0 aliphatic rings. The quantitative estimate of drug-likeness (QED) is 0.246. The van der Waals surface area contributed by atoms with Gasteiger partial charge in [0.25, 0.3) is 0 Å². The van der Waals surface area contributed by atoms with E-state index in [1.807, 2.05) is 37.3 Å². The molecule has 4 aromatic rings. The van der Waals surface area contributed by atoms with Crippen LogP contribution >= 0.6 is 31.9 Å². The summed E-state index contributed by atoms with van der Waals surface area (Å²) >= 11 is 7.27. The average Bonchev–Trinajstić information content (AvgIpc) is 2.78. The second-order valence-electron chi connectivity index (χ2n) is 7.11. The Morgan fingerprint density at radius 1 is 0.806 bits per heavy atom. The lowest BCUT2D eigenvalue weighted by molar-refractivity contribution is 0.302. The number of halogens is 2. The van der Waals surface area contributed by atoms with Crippen molar-refractivity contribution in [1.29, 1.82) is 0 Å². The van der Waals surface area contributed by atoms with Crippen LogP contribution in [0.5, 0.6) is 11.5 Å². The number of hydrogen-bond donors (Lipinski definition) is 1. The third-order valence-corrected chi connectivity index (χ3v) is 6.03. The molecule has 0 unspecified atom stereocenters. The molecular weight excluding hydrogens is 518 g/mol. The number of hydrogen-bond acceptors (Lipinski definition) is 3. The second-order valence-corrected chi connectivity index (χ2v) is 8.88. The first-order chi connectivity index (χ1) is 15.1. The fourth-order valence-electron chi connectivity index (χ4n) is 3.51. The van der Waals surface area contributed by atoms with Gasteiger partial charge in [-0.3, -0.25) is 0 Å². The summed E-state index contributed by atoms with van der Waals surface area (Å²) in [6, 6.07) is 26.8. The Balaban J connectivity index is 1.52. The molecule has 4 aromatic carbocycles. The molecule has 1 N–H and O–H groups in total. The highest BCUT2D eigenvalue weighted by atomic mass is 79.9. The fourth-order valence-corrected chi connectivity index (χ4v) is 4.94. The molecule has 0 saturated carbocycles. The van der Waals surface area contributed by atoms with Crippen LogP contribution in [0.15, 0.2) is 87.8 Å². The molecule has 0 aliphatic carbocycles. The van der Waals surface area contributed by atoms with Crippen molar-refractivity contribution in [1.82, 2.24) is 0 Å². The third-order valence-electron chi connectivity index (χ3n) is 4.99. The molecule has 0 bridgehead atoms. The predicted octanol–water partition coefficient (Wildman–Crippen LogP) is 7.95. The van der Waals surface area contributed by atoms with Crippen molar-refractivity contribution in [2.24, 2.45) is 0 Å². The number of ether oxygens (including phenoxy) is 2. The van der Waals surface area contributed by atoms with E-state index in [9.17, 15) is 0 Å². The molecule has 0 aromatic heterocycles. The van der Waals surface area contributed by atoms with E-state index in [0.29, 0.717) is 19.8 Å². The van der Waals surface area contributed by atoms with E-state index in [4.69, 9.17) is 9.47 Å². The molecule has 0 amide bonds. The van der Waals surface area contributed by atoms with Crippen molar-refractivity contribution in [2.45, 2.75) is 20.1 Å². The van der Waals surface area contributed by atoms with Gasteiger partial charge in [0.1, 0.15) is 18.1 Å². The fraction of sp³-hybridized carbons (Fsp3) is 0.154. The zero-order chi connectivity index (χ0) is 21.6. The van der Waals surface area contributed by atoms with Crippen LogP contribution in [0.25, 0.3) is 10.8 Å². The number of fused-ring (bicyclic) bond motifs is 1. The van der Waals surface area contributed by atoms with Crippen LogP contribution in [0.2, 0.25) is 0 Å². The molecule has 31 heavy (non-hydrogen) atoms. The zero-order valence-electron chi connectivity index (χ0n) is 17.2. The van der Waals surface area contributed by atoms with Gasteiger partial charge in [0.15, 0.2) is 0 Å². The van der Waals surface area contributed by atoms with Crippen molar-refractivity contribution in [2.75, 3.05) is 11.9 Å². The molecule has 0 fully saturated rings. The number of anilines is 1. The van der Waals surface area contributed by atoms with E-state index >= 15 is 0 Å². The summed E-state index contributed by atoms with van der Waals surface area (Å²) in [5.74, 6) is 1.71. The van der Waals surface area contributed by atoms with Gasteiger partial charge in [-0.15, -0.1) is 0 Å². The average molecular weight is 541 g/mol. The van der Waals surface area contributed by atoms with Gasteiger partial charge in [0, 0.05) is 22.3 Å². The first-order valence-electron chi connectivity index (χ1n) is 10.2. The molecule has 0 heterocycles. The molecule has 0 spiro atoms. The van der Waals surface area contributed by atoms with Gasteiger partial charge in [0.05, 0.1) is 11.1 Å². The smallest absolute Gasteiger partial charge is 0.139 e. The Kier molecular flexibility index (Phi) is 7.15. The monoisotopic (exact) mass is 539 g/mol. The van der Waals surface area contributed by atoms with E-state index in [2.05, 4.69) is 85.7 Å². The maximum absolute atomic E-state index is 6.33. The lowest BCUT2D eigenvalue weighted by Crippen LogP contribution is -2.05. The number of benzene rings is 4. The van der Waals surface area contributed by atoms with Gasteiger partial charge < -0.3 is 14.8 Å². The molecular formula is C26H23Br2NO2. The minimum absolute atomic E-state index is 0.498. The van der Waals surface area contributed by atoms with Crippen molar-refractivity contribution < 1.29 is 9.47 Å². The summed E-state index contributed by atoms with van der Waals surface area (Å²) < 4.78 is 13.8. The standard InChI is InChI=1S/C26H23Br2NO2/c1-2-30-23-12-10-22(11-13-23)29-16-20-14-21(27)15-25(28)26(20)31-17-19-8-5-7-18-6-3-4-9-24(18)19/h3-15,29H,2,16-17H2,1H3. The summed E-state index contributed by atoms with van der Waals surface area (Å²) in [7, 11) is 0. The van der Waals surface area contributed by atoms with Gasteiger partial charge in [-0.05, 0) is 75.6 Å². The van der Waals surface area contributed by atoms with E-state index in [1.54, 1.807) is 0 Å². The van der Waals surface area contributed by atoms with Gasteiger partial charge in [0.2, 0.25) is 0 Å². The van der Waals surface area contributed by atoms with E-state index in [1.165, 1.54) is 16.3 Å². The van der Waals surface area contributed by atoms with Crippen LogP contribution in [0.1, 0.15) is 18.1 Å². The minimum atomic E-state index is 0.498. The Morgan fingerprint density at radius 3 is 2.39 bits per heavy atom. The first kappa shape index (κ1) is 21.7.